The predicted octanol–water partition coefficient (Wildman–Crippen LogP) is 3.52. The van der Waals surface area contributed by atoms with Crippen LogP contribution in [-0.2, 0) is 4.79 Å². The second-order valence-electron chi connectivity index (χ2n) is 5.31. The van der Waals surface area contributed by atoms with E-state index in [1.807, 2.05) is 12.1 Å². The van der Waals surface area contributed by atoms with Gasteiger partial charge in [-0.1, -0.05) is 23.7 Å². The van der Waals surface area contributed by atoms with Crippen molar-refractivity contribution in [2.75, 3.05) is 23.3 Å². The molecule has 0 aliphatic carbocycles. The third-order valence-corrected chi connectivity index (χ3v) is 3.81. The van der Waals surface area contributed by atoms with E-state index in [1.165, 1.54) is 6.08 Å². The summed E-state index contributed by atoms with van der Waals surface area (Å²) in [7, 11) is 0. The van der Waals surface area contributed by atoms with Crippen LogP contribution < -0.4 is 15.5 Å². The Hall–Kier alpha value is -2.79. The van der Waals surface area contributed by atoms with Gasteiger partial charge in [0.15, 0.2) is 0 Å². The highest BCUT2D eigenvalue weighted by molar-refractivity contribution is 6.30. The Labute approximate surface area is 144 Å². The number of benzene rings is 2. The van der Waals surface area contributed by atoms with Gasteiger partial charge >= 0.3 is 6.03 Å². The highest BCUT2D eigenvalue weighted by atomic mass is 35.5. The molecule has 0 saturated carbocycles. The molecule has 1 fully saturated rings. The van der Waals surface area contributed by atoms with Gasteiger partial charge in [-0.3, -0.25) is 9.69 Å². The summed E-state index contributed by atoms with van der Waals surface area (Å²) in [6, 6.07) is 14.3. The van der Waals surface area contributed by atoms with Crippen molar-refractivity contribution >= 4 is 41.0 Å². The number of nitrogens with zero attached hydrogens (tertiary/aromatic N) is 1. The minimum absolute atomic E-state index is 0.101. The third kappa shape index (κ3) is 3.94. The summed E-state index contributed by atoms with van der Waals surface area (Å²) < 4.78 is 0. The lowest BCUT2D eigenvalue weighted by Gasteiger charge is -2.14. The van der Waals surface area contributed by atoms with Gasteiger partial charge in [-0.05, 0) is 48.0 Å². The lowest BCUT2D eigenvalue weighted by molar-refractivity contribution is -0.111. The molecular formula is C18H16ClN3O2. The number of carbonyl (C=O) groups excluding carboxylic acids is 2. The van der Waals surface area contributed by atoms with Crippen LogP contribution in [0.15, 0.2) is 54.6 Å². The molecule has 6 heteroatoms. The van der Waals surface area contributed by atoms with Crippen LogP contribution in [0.5, 0.6) is 0 Å². The molecule has 0 aromatic heterocycles. The molecule has 0 unspecified atom stereocenters. The first-order valence-corrected chi connectivity index (χ1v) is 7.90. The summed E-state index contributed by atoms with van der Waals surface area (Å²) >= 11 is 5.90. The van der Waals surface area contributed by atoms with Crippen LogP contribution in [0, 0.1) is 0 Å². The second-order valence-corrected chi connectivity index (χ2v) is 5.74. The van der Waals surface area contributed by atoms with Crippen molar-refractivity contribution in [3.8, 4) is 0 Å². The largest absolute Gasteiger partial charge is 0.336 e. The van der Waals surface area contributed by atoms with Crippen molar-refractivity contribution in [3.05, 3.63) is 65.2 Å². The standard InChI is InChI=1S/C18H16ClN3O2/c19-14-3-1-2-13(12-14)4-9-17(23)21-15-5-7-16(8-6-15)22-11-10-20-18(22)24/h1-9,12H,10-11H2,(H,20,24)(H,21,23)/b9-4+. The van der Waals surface area contributed by atoms with Crippen LogP contribution in [0.3, 0.4) is 0 Å². The Bertz CT molecular complexity index is 787. The van der Waals surface area contributed by atoms with Crippen LogP contribution in [0.25, 0.3) is 6.08 Å². The van der Waals surface area contributed by atoms with Crippen molar-refractivity contribution in [3.63, 3.8) is 0 Å². The monoisotopic (exact) mass is 341 g/mol. The van der Waals surface area contributed by atoms with Gasteiger partial charge < -0.3 is 10.6 Å². The molecule has 0 radical (unpaired) electrons. The fourth-order valence-corrected chi connectivity index (χ4v) is 2.61. The van der Waals surface area contributed by atoms with Crippen LogP contribution in [0.1, 0.15) is 5.56 Å². The number of urea groups is 1. The minimum Gasteiger partial charge on any atom is -0.336 e. The van der Waals surface area contributed by atoms with Gasteiger partial charge in [-0.15, -0.1) is 0 Å². The molecule has 2 N–H and O–H groups in total. The number of nitrogens with one attached hydrogen (secondary N) is 2. The quantitative estimate of drug-likeness (QED) is 0.836. The Morgan fingerprint density at radius 1 is 1.21 bits per heavy atom. The molecule has 0 bridgehead atoms. The number of hydrogen-bond acceptors (Lipinski definition) is 2. The van der Waals surface area contributed by atoms with Gasteiger partial charge in [-0.25, -0.2) is 4.79 Å². The van der Waals surface area contributed by atoms with Crippen LogP contribution in [0.2, 0.25) is 5.02 Å². The summed E-state index contributed by atoms with van der Waals surface area (Å²) in [5.41, 5.74) is 2.32. The highest BCUT2D eigenvalue weighted by Gasteiger charge is 2.20. The Balaban J connectivity index is 1.61. The van der Waals surface area contributed by atoms with Gasteiger partial charge in [0, 0.05) is 35.6 Å². The zero-order valence-electron chi connectivity index (χ0n) is 12.8. The fourth-order valence-electron chi connectivity index (χ4n) is 2.41. The summed E-state index contributed by atoms with van der Waals surface area (Å²) in [6.45, 7) is 1.29. The van der Waals surface area contributed by atoms with Gasteiger partial charge in [0.2, 0.25) is 5.91 Å². The van der Waals surface area contributed by atoms with Gasteiger partial charge in [0.05, 0.1) is 0 Å². The summed E-state index contributed by atoms with van der Waals surface area (Å²) in [5, 5.41) is 6.15. The number of hydrogen-bond donors (Lipinski definition) is 2. The third-order valence-electron chi connectivity index (χ3n) is 3.58. The topological polar surface area (TPSA) is 61.4 Å². The average Bonchev–Trinajstić information content (AvgIpc) is 3.00. The maximum Gasteiger partial charge on any atom is 0.321 e. The zero-order valence-corrected chi connectivity index (χ0v) is 13.6. The van der Waals surface area contributed by atoms with Gasteiger partial charge in [0.1, 0.15) is 0 Å². The molecular weight excluding hydrogens is 326 g/mol. The van der Waals surface area contributed by atoms with Crippen molar-refractivity contribution in [2.45, 2.75) is 0 Å². The van der Waals surface area contributed by atoms with E-state index in [1.54, 1.807) is 47.4 Å². The number of halogens is 1. The molecule has 0 atom stereocenters. The Morgan fingerprint density at radius 3 is 2.67 bits per heavy atom. The van der Waals surface area contributed by atoms with E-state index in [0.29, 0.717) is 23.8 Å². The molecule has 2 aromatic carbocycles. The molecule has 122 valence electrons. The SMILES string of the molecule is O=C(/C=C/c1cccc(Cl)c1)Nc1ccc(N2CCNC2=O)cc1. The normalized spacial score (nSPS) is 14.0. The molecule has 3 amide bonds. The van der Waals surface area contributed by atoms with E-state index in [9.17, 15) is 9.59 Å². The molecule has 3 rings (SSSR count). The lowest BCUT2D eigenvalue weighted by Crippen LogP contribution is -2.27. The van der Waals surface area contributed by atoms with Crippen LogP contribution in [0.4, 0.5) is 16.2 Å². The van der Waals surface area contributed by atoms with E-state index in [2.05, 4.69) is 10.6 Å². The first-order chi connectivity index (χ1) is 11.6. The summed E-state index contributed by atoms with van der Waals surface area (Å²) in [5.74, 6) is -0.235. The van der Waals surface area contributed by atoms with E-state index in [4.69, 9.17) is 11.6 Å². The molecule has 2 aromatic rings. The minimum atomic E-state index is -0.235. The number of anilines is 2. The lowest BCUT2D eigenvalue weighted by atomic mass is 10.2. The maximum absolute atomic E-state index is 12.0. The fraction of sp³-hybridized carbons (Fsp3) is 0.111. The predicted molar refractivity (Wildman–Crippen MR) is 96.3 cm³/mol. The molecule has 0 spiro atoms. The number of carbonyl (C=O) groups is 2. The smallest absolute Gasteiger partial charge is 0.321 e. The van der Waals surface area contributed by atoms with Crippen LogP contribution in [-0.4, -0.2) is 25.0 Å². The average molecular weight is 342 g/mol. The van der Waals surface area contributed by atoms with E-state index in [0.717, 1.165) is 11.3 Å². The van der Waals surface area contributed by atoms with E-state index in [-0.39, 0.29) is 11.9 Å². The highest BCUT2D eigenvalue weighted by Crippen LogP contribution is 2.19. The number of rotatable bonds is 4. The van der Waals surface area contributed by atoms with Crippen molar-refractivity contribution < 1.29 is 9.59 Å². The summed E-state index contributed by atoms with van der Waals surface area (Å²) in [6.07, 6.45) is 3.15. The van der Waals surface area contributed by atoms with Gasteiger partial charge in [0.25, 0.3) is 0 Å². The van der Waals surface area contributed by atoms with Crippen LogP contribution >= 0.6 is 11.6 Å². The molecule has 1 heterocycles. The zero-order chi connectivity index (χ0) is 16.9. The number of amides is 3. The molecule has 1 saturated heterocycles. The van der Waals surface area contributed by atoms with E-state index >= 15 is 0 Å². The first-order valence-electron chi connectivity index (χ1n) is 7.52. The van der Waals surface area contributed by atoms with Crippen molar-refractivity contribution in [1.29, 1.82) is 0 Å². The molecule has 1 aliphatic heterocycles. The maximum atomic E-state index is 12.0. The molecule has 1 aliphatic rings. The van der Waals surface area contributed by atoms with Gasteiger partial charge in [-0.2, -0.15) is 0 Å². The molecule has 24 heavy (non-hydrogen) atoms. The summed E-state index contributed by atoms with van der Waals surface area (Å²) in [4.78, 5) is 25.2. The molecule has 5 nitrogen and oxygen atoms in total. The first kappa shape index (κ1) is 16.1. The Morgan fingerprint density at radius 2 is 2.00 bits per heavy atom. The Kier molecular flexibility index (Phi) is 4.82. The van der Waals surface area contributed by atoms with Crippen molar-refractivity contribution in [1.82, 2.24) is 5.32 Å². The van der Waals surface area contributed by atoms with E-state index < -0.39 is 0 Å². The van der Waals surface area contributed by atoms with Crippen molar-refractivity contribution in [2.24, 2.45) is 0 Å². The second kappa shape index (κ2) is 7.19.